The Labute approximate surface area is 120 Å². The van der Waals surface area contributed by atoms with E-state index in [9.17, 15) is 4.79 Å². The molecule has 0 aliphatic rings. The Morgan fingerprint density at radius 1 is 1.32 bits per heavy atom. The number of rotatable bonds is 1. The predicted octanol–water partition coefficient (Wildman–Crippen LogP) is 4.10. The fourth-order valence-corrected chi connectivity index (χ4v) is 1.94. The number of hydrogen-bond acceptors (Lipinski definition) is 3. The molecule has 1 aromatic heterocycles. The topological polar surface area (TPSA) is 44.1 Å². The molecule has 1 aromatic carbocycles. The summed E-state index contributed by atoms with van der Waals surface area (Å²) in [6, 6.07) is 9.53. The van der Waals surface area contributed by atoms with Crippen LogP contribution >= 0.6 is 15.9 Å². The van der Waals surface area contributed by atoms with Gasteiger partial charge in [0.25, 0.3) is 0 Å². The van der Waals surface area contributed by atoms with Crippen molar-refractivity contribution in [1.29, 1.82) is 0 Å². The molecule has 100 valence electrons. The second-order valence-corrected chi connectivity index (χ2v) is 6.05. The normalized spacial score (nSPS) is 11.4. The largest absolute Gasteiger partial charge is 0.442 e. The highest BCUT2D eigenvalue weighted by Gasteiger charge is 2.18. The summed E-state index contributed by atoms with van der Waals surface area (Å²) in [4.78, 5) is 11.8. The van der Waals surface area contributed by atoms with Gasteiger partial charge in [-0.25, -0.2) is 4.79 Å². The molecule has 0 aliphatic carbocycles. The van der Waals surface area contributed by atoms with Crippen molar-refractivity contribution in [3.63, 3.8) is 0 Å². The van der Waals surface area contributed by atoms with Crippen LogP contribution in [0.25, 0.3) is 11.3 Å². The molecule has 0 amide bonds. The van der Waals surface area contributed by atoms with Gasteiger partial charge in [0.05, 0.1) is 5.69 Å². The zero-order chi connectivity index (χ0) is 14.0. The molecule has 19 heavy (non-hydrogen) atoms. The van der Waals surface area contributed by atoms with Gasteiger partial charge in [0.2, 0.25) is 0 Å². The van der Waals surface area contributed by atoms with Gasteiger partial charge in [-0.15, -0.1) is 0 Å². The first-order valence-electron chi connectivity index (χ1n) is 5.90. The van der Waals surface area contributed by atoms with Crippen LogP contribution in [0.2, 0.25) is 0 Å². The van der Waals surface area contributed by atoms with Crippen LogP contribution in [0.4, 0.5) is 4.79 Å². The van der Waals surface area contributed by atoms with Crippen molar-refractivity contribution in [3.8, 4) is 11.3 Å². The van der Waals surface area contributed by atoms with Gasteiger partial charge in [-0.3, -0.25) is 0 Å². The first-order valence-corrected chi connectivity index (χ1v) is 6.69. The highest BCUT2D eigenvalue weighted by Crippen LogP contribution is 2.21. The SMILES string of the molecule is CC(C)(C)OC(=O)n1ccc(-c2cccc(Br)c2)n1. The lowest BCUT2D eigenvalue weighted by Gasteiger charge is -2.18. The Morgan fingerprint density at radius 2 is 2.05 bits per heavy atom. The predicted molar refractivity (Wildman–Crippen MR) is 77.0 cm³/mol. The minimum Gasteiger partial charge on any atom is -0.442 e. The summed E-state index contributed by atoms with van der Waals surface area (Å²) in [6.07, 6.45) is 1.12. The van der Waals surface area contributed by atoms with Gasteiger partial charge in [0, 0.05) is 16.2 Å². The average Bonchev–Trinajstić information content (AvgIpc) is 2.75. The lowest BCUT2D eigenvalue weighted by molar-refractivity contribution is 0.0515. The zero-order valence-corrected chi connectivity index (χ0v) is 12.6. The van der Waals surface area contributed by atoms with Crippen LogP contribution in [0.3, 0.4) is 0 Å². The number of nitrogens with zero attached hydrogens (tertiary/aromatic N) is 2. The number of benzene rings is 1. The summed E-state index contributed by atoms with van der Waals surface area (Å²) in [5.74, 6) is 0. The van der Waals surface area contributed by atoms with E-state index in [0.29, 0.717) is 0 Å². The summed E-state index contributed by atoms with van der Waals surface area (Å²) in [5, 5.41) is 4.23. The van der Waals surface area contributed by atoms with Crippen molar-refractivity contribution in [1.82, 2.24) is 9.78 Å². The van der Waals surface area contributed by atoms with Crippen LogP contribution in [-0.2, 0) is 4.74 Å². The van der Waals surface area contributed by atoms with Crippen LogP contribution in [0.5, 0.6) is 0 Å². The molecule has 0 atom stereocenters. The van der Waals surface area contributed by atoms with E-state index < -0.39 is 11.7 Å². The van der Waals surface area contributed by atoms with E-state index in [0.717, 1.165) is 15.7 Å². The van der Waals surface area contributed by atoms with Crippen molar-refractivity contribution < 1.29 is 9.53 Å². The van der Waals surface area contributed by atoms with E-state index in [4.69, 9.17) is 4.74 Å². The van der Waals surface area contributed by atoms with Crippen molar-refractivity contribution >= 4 is 22.0 Å². The Balaban J connectivity index is 2.22. The standard InChI is InChI=1S/C14H15BrN2O2/c1-14(2,3)19-13(18)17-8-7-12(16-17)10-5-4-6-11(15)9-10/h4-9H,1-3H3. The Kier molecular flexibility index (Phi) is 3.75. The first kappa shape index (κ1) is 13.8. The third-order valence-corrected chi connectivity index (χ3v) is 2.78. The Bertz CT molecular complexity index is 599. The van der Waals surface area contributed by atoms with Crippen LogP contribution in [-0.4, -0.2) is 21.5 Å². The maximum absolute atomic E-state index is 11.8. The fourth-order valence-electron chi connectivity index (χ4n) is 1.54. The highest BCUT2D eigenvalue weighted by molar-refractivity contribution is 9.10. The molecule has 2 aromatic rings. The molecule has 0 aliphatic heterocycles. The number of carbonyl (C=O) groups excluding carboxylic acids is 1. The summed E-state index contributed by atoms with van der Waals surface area (Å²) < 4.78 is 7.43. The summed E-state index contributed by atoms with van der Waals surface area (Å²) in [7, 11) is 0. The number of hydrogen-bond donors (Lipinski definition) is 0. The Morgan fingerprint density at radius 3 is 2.68 bits per heavy atom. The van der Waals surface area contributed by atoms with E-state index in [-0.39, 0.29) is 0 Å². The summed E-state index contributed by atoms with van der Waals surface area (Å²) in [6.45, 7) is 5.47. The molecule has 0 saturated carbocycles. The van der Waals surface area contributed by atoms with Crippen molar-refractivity contribution in [3.05, 3.63) is 41.0 Å². The second kappa shape index (κ2) is 5.17. The maximum Gasteiger partial charge on any atom is 0.435 e. The highest BCUT2D eigenvalue weighted by atomic mass is 79.9. The molecule has 4 nitrogen and oxygen atoms in total. The number of aromatic nitrogens is 2. The van der Waals surface area contributed by atoms with Gasteiger partial charge in [0.1, 0.15) is 5.60 Å². The van der Waals surface area contributed by atoms with Crippen molar-refractivity contribution in [2.75, 3.05) is 0 Å². The van der Waals surface area contributed by atoms with Crippen molar-refractivity contribution in [2.45, 2.75) is 26.4 Å². The molecule has 0 fully saturated rings. The molecule has 0 bridgehead atoms. The fraction of sp³-hybridized carbons (Fsp3) is 0.286. The minimum absolute atomic E-state index is 0.478. The third-order valence-electron chi connectivity index (χ3n) is 2.29. The van der Waals surface area contributed by atoms with E-state index >= 15 is 0 Å². The van der Waals surface area contributed by atoms with E-state index in [1.54, 1.807) is 12.3 Å². The lowest BCUT2D eigenvalue weighted by Crippen LogP contribution is -2.27. The molecule has 0 spiro atoms. The summed E-state index contributed by atoms with van der Waals surface area (Å²) in [5.41, 5.74) is 1.14. The van der Waals surface area contributed by atoms with Crippen LogP contribution in [0, 0.1) is 0 Å². The molecule has 0 radical (unpaired) electrons. The van der Waals surface area contributed by atoms with Crippen LogP contribution in [0.1, 0.15) is 20.8 Å². The van der Waals surface area contributed by atoms with E-state index in [1.807, 2.05) is 45.0 Å². The molecule has 1 heterocycles. The molecule has 0 N–H and O–H groups in total. The van der Waals surface area contributed by atoms with Crippen LogP contribution < -0.4 is 0 Å². The molecular weight excluding hydrogens is 308 g/mol. The van der Waals surface area contributed by atoms with E-state index in [1.165, 1.54) is 4.68 Å². The Hall–Kier alpha value is -1.62. The maximum atomic E-state index is 11.8. The smallest absolute Gasteiger partial charge is 0.435 e. The molecule has 0 saturated heterocycles. The second-order valence-electron chi connectivity index (χ2n) is 5.14. The van der Waals surface area contributed by atoms with E-state index in [2.05, 4.69) is 21.0 Å². The molecule has 0 unspecified atom stereocenters. The van der Waals surface area contributed by atoms with Gasteiger partial charge in [-0.2, -0.15) is 9.78 Å². The number of halogens is 1. The monoisotopic (exact) mass is 322 g/mol. The van der Waals surface area contributed by atoms with Crippen LogP contribution in [0.15, 0.2) is 41.0 Å². The molecule has 2 rings (SSSR count). The van der Waals surface area contributed by atoms with Gasteiger partial charge < -0.3 is 4.74 Å². The third kappa shape index (κ3) is 3.67. The summed E-state index contributed by atoms with van der Waals surface area (Å²) >= 11 is 3.41. The first-order chi connectivity index (χ1) is 8.85. The molecular formula is C14H15BrN2O2. The average molecular weight is 323 g/mol. The van der Waals surface area contributed by atoms with Crippen molar-refractivity contribution in [2.24, 2.45) is 0 Å². The van der Waals surface area contributed by atoms with Gasteiger partial charge in [-0.1, -0.05) is 28.1 Å². The molecule has 5 heteroatoms. The minimum atomic E-state index is -0.529. The quantitative estimate of drug-likeness (QED) is 0.794. The van der Waals surface area contributed by atoms with Gasteiger partial charge in [-0.05, 0) is 39.0 Å². The van der Waals surface area contributed by atoms with Gasteiger partial charge in [0.15, 0.2) is 0 Å². The zero-order valence-electron chi connectivity index (χ0n) is 11.1. The number of carbonyl (C=O) groups is 1. The number of ether oxygens (including phenoxy) is 1. The lowest BCUT2D eigenvalue weighted by atomic mass is 10.2. The van der Waals surface area contributed by atoms with Gasteiger partial charge >= 0.3 is 6.09 Å².